The number of unbranched alkanes of at least 4 members (excludes halogenated alkanes) is 1. The molecule has 0 saturated carbocycles. The Bertz CT molecular complexity index is 390. The molecular weight excluding hydrogens is 230 g/mol. The second-order valence-corrected chi connectivity index (χ2v) is 5.03. The molecule has 0 aliphatic rings. The van der Waals surface area contributed by atoms with E-state index in [4.69, 9.17) is 0 Å². The molecule has 1 atom stereocenters. The molecule has 2 nitrogen and oxygen atoms in total. The van der Waals surface area contributed by atoms with Gasteiger partial charge in [-0.05, 0) is 38.0 Å². The Hall–Kier alpha value is -0.960. The Balaban J connectivity index is 2.66. The molecule has 1 rings (SSSR count). The summed E-state index contributed by atoms with van der Waals surface area (Å²) < 4.78 is 0. The van der Waals surface area contributed by atoms with Gasteiger partial charge in [0.25, 0.3) is 5.91 Å². The zero-order valence-corrected chi connectivity index (χ0v) is 11.7. The minimum absolute atomic E-state index is 0.00185. The summed E-state index contributed by atoms with van der Waals surface area (Å²) in [5, 5.41) is 3.03. The number of aryl methyl sites for hydroxylation is 1. The first-order valence-corrected chi connectivity index (χ1v) is 6.59. The third kappa shape index (κ3) is 4.43. The van der Waals surface area contributed by atoms with Gasteiger partial charge < -0.3 is 5.32 Å². The summed E-state index contributed by atoms with van der Waals surface area (Å²) in [5.74, 6) is 0.00185. The number of hydrogen-bond donors (Lipinski definition) is 2. The van der Waals surface area contributed by atoms with E-state index in [-0.39, 0.29) is 11.9 Å². The Kier molecular flexibility index (Phi) is 5.56. The third-order valence-electron chi connectivity index (χ3n) is 2.83. The molecule has 0 heterocycles. The zero-order valence-electron chi connectivity index (χ0n) is 10.8. The fourth-order valence-corrected chi connectivity index (χ4v) is 1.94. The molecule has 94 valence electrons. The molecule has 1 amide bonds. The topological polar surface area (TPSA) is 29.1 Å². The van der Waals surface area contributed by atoms with Gasteiger partial charge in [0.05, 0.1) is 0 Å². The van der Waals surface area contributed by atoms with Crippen molar-refractivity contribution in [1.29, 1.82) is 0 Å². The van der Waals surface area contributed by atoms with Crippen molar-refractivity contribution in [2.45, 2.75) is 51.0 Å². The first-order chi connectivity index (χ1) is 8.04. The fraction of sp³-hybridized carbons (Fsp3) is 0.500. The number of hydrogen-bond acceptors (Lipinski definition) is 2. The normalized spacial score (nSPS) is 12.2. The van der Waals surface area contributed by atoms with Crippen molar-refractivity contribution in [1.82, 2.24) is 5.32 Å². The number of carbonyl (C=O) groups excluding carboxylic acids is 1. The van der Waals surface area contributed by atoms with Crippen LogP contribution in [0.2, 0.25) is 0 Å². The Morgan fingerprint density at radius 1 is 1.47 bits per heavy atom. The van der Waals surface area contributed by atoms with Crippen LogP contribution in [-0.4, -0.2) is 11.9 Å². The van der Waals surface area contributed by atoms with Gasteiger partial charge in [0.1, 0.15) is 0 Å². The van der Waals surface area contributed by atoms with E-state index in [1.165, 1.54) is 0 Å². The first kappa shape index (κ1) is 14.1. The Labute approximate surface area is 109 Å². The highest BCUT2D eigenvalue weighted by atomic mass is 32.1. The van der Waals surface area contributed by atoms with Crippen molar-refractivity contribution >= 4 is 18.5 Å². The van der Waals surface area contributed by atoms with Crippen LogP contribution in [0.1, 0.15) is 49.0 Å². The van der Waals surface area contributed by atoms with E-state index in [0.29, 0.717) is 0 Å². The molecule has 1 aromatic rings. The Morgan fingerprint density at radius 2 is 2.18 bits per heavy atom. The molecule has 0 radical (unpaired) electrons. The SMILES string of the molecule is CCCCC(C)NC(=O)c1cc(S)ccc1C. The van der Waals surface area contributed by atoms with Crippen LogP contribution in [0.3, 0.4) is 0 Å². The van der Waals surface area contributed by atoms with E-state index < -0.39 is 0 Å². The van der Waals surface area contributed by atoms with Gasteiger partial charge in [-0.25, -0.2) is 0 Å². The summed E-state index contributed by atoms with van der Waals surface area (Å²) in [4.78, 5) is 12.9. The highest BCUT2D eigenvalue weighted by Crippen LogP contribution is 2.14. The standard InChI is InChI=1S/C14H21NOS/c1-4-5-6-11(3)15-14(16)13-9-12(17)8-7-10(13)2/h7-9,11,17H,4-6H2,1-3H3,(H,15,16). The zero-order chi connectivity index (χ0) is 12.8. The summed E-state index contributed by atoms with van der Waals surface area (Å²) in [6.07, 6.45) is 3.33. The number of rotatable bonds is 5. The van der Waals surface area contributed by atoms with Gasteiger partial charge in [0, 0.05) is 16.5 Å². The molecule has 0 aromatic heterocycles. The third-order valence-corrected chi connectivity index (χ3v) is 3.11. The maximum absolute atomic E-state index is 12.0. The lowest BCUT2D eigenvalue weighted by atomic mass is 10.1. The van der Waals surface area contributed by atoms with E-state index in [2.05, 4.69) is 24.9 Å². The fourth-order valence-electron chi connectivity index (χ4n) is 1.74. The smallest absolute Gasteiger partial charge is 0.251 e. The molecule has 0 aliphatic heterocycles. The number of thiol groups is 1. The summed E-state index contributed by atoms with van der Waals surface area (Å²) in [6, 6.07) is 5.87. The maximum Gasteiger partial charge on any atom is 0.251 e. The van der Waals surface area contributed by atoms with E-state index in [0.717, 1.165) is 35.3 Å². The number of carbonyl (C=O) groups is 1. The lowest BCUT2D eigenvalue weighted by molar-refractivity contribution is 0.0937. The van der Waals surface area contributed by atoms with Crippen LogP contribution in [-0.2, 0) is 0 Å². The van der Waals surface area contributed by atoms with Gasteiger partial charge in [-0.3, -0.25) is 4.79 Å². The van der Waals surface area contributed by atoms with Gasteiger partial charge in [-0.2, -0.15) is 0 Å². The summed E-state index contributed by atoms with van der Waals surface area (Å²) in [6.45, 7) is 6.15. The van der Waals surface area contributed by atoms with Crippen molar-refractivity contribution in [2.75, 3.05) is 0 Å². The molecule has 0 bridgehead atoms. The van der Waals surface area contributed by atoms with Gasteiger partial charge in [-0.1, -0.05) is 25.8 Å². The van der Waals surface area contributed by atoms with Crippen LogP contribution >= 0.6 is 12.6 Å². The second kappa shape index (κ2) is 6.70. The molecule has 1 aromatic carbocycles. The van der Waals surface area contributed by atoms with Crippen molar-refractivity contribution in [3.8, 4) is 0 Å². The summed E-state index contributed by atoms with van der Waals surface area (Å²) in [5.41, 5.74) is 1.71. The first-order valence-electron chi connectivity index (χ1n) is 6.15. The van der Waals surface area contributed by atoms with Crippen LogP contribution in [0.15, 0.2) is 23.1 Å². The Morgan fingerprint density at radius 3 is 2.82 bits per heavy atom. The average molecular weight is 251 g/mol. The van der Waals surface area contributed by atoms with Gasteiger partial charge in [0.15, 0.2) is 0 Å². The van der Waals surface area contributed by atoms with Crippen molar-refractivity contribution in [2.24, 2.45) is 0 Å². The highest BCUT2D eigenvalue weighted by molar-refractivity contribution is 7.80. The van der Waals surface area contributed by atoms with Crippen LogP contribution in [0.5, 0.6) is 0 Å². The van der Waals surface area contributed by atoms with Crippen molar-refractivity contribution < 1.29 is 4.79 Å². The molecular formula is C14H21NOS. The monoisotopic (exact) mass is 251 g/mol. The van der Waals surface area contributed by atoms with Gasteiger partial charge in [0.2, 0.25) is 0 Å². The van der Waals surface area contributed by atoms with Crippen LogP contribution in [0.25, 0.3) is 0 Å². The number of benzene rings is 1. The van der Waals surface area contributed by atoms with Crippen LogP contribution in [0.4, 0.5) is 0 Å². The minimum Gasteiger partial charge on any atom is -0.350 e. The maximum atomic E-state index is 12.0. The molecule has 1 unspecified atom stereocenters. The molecule has 1 N–H and O–H groups in total. The minimum atomic E-state index is 0.00185. The lowest BCUT2D eigenvalue weighted by Crippen LogP contribution is -2.32. The predicted molar refractivity (Wildman–Crippen MR) is 74.9 cm³/mol. The van der Waals surface area contributed by atoms with Crippen LogP contribution < -0.4 is 5.32 Å². The summed E-state index contributed by atoms with van der Waals surface area (Å²) >= 11 is 4.26. The highest BCUT2D eigenvalue weighted by Gasteiger charge is 2.11. The molecule has 0 aliphatic carbocycles. The van der Waals surface area contributed by atoms with E-state index in [9.17, 15) is 4.79 Å². The van der Waals surface area contributed by atoms with E-state index in [1.54, 1.807) is 0 Å². The average Bonchev–Trinajstić information content (AvgIpc) is 2.29. The van der Waals surface area contributed by atoms with E-state index in [1.807, 2.05) is 32.0 Å². The van der Waals surface area contributed by atoms with Crippen LogP contribution in [0, 0.1) is 6.92 Å². The predicted octanol–water partition coefficient (Wildman–Crippen LogP) is 3.59. The molecule has 0 fully saturated rings. The molecule has 17 heavy (non-hydrogen) atoms. The molecule has 3 heteroatoms. The lowest BCUT2D eigenvalue weighted by Gasteiger charge is -2.14. The number of amides is 1. The number of nitrogens with one attached hydrogen (secondary N) is 1. The van der Waals surface area contributed by atoms with Gasteiger partial charge >= 0.3 is 0 Å². The summed E-state index contributed by atoms with van der Waals surface area (Å²) in [7, 11) is 0. The van der Waals surface area contributed by atoms with Gasteiger partial charge in [-0.15, -0.1) is 12.6 Å². The van der Waals surface area contributed by atoms with Crippen molar-refractivity contribution in [3.63, 3.8) is 0 Å². The van der Waals surface area contributed by atoms with Crippen molar-refractivity contribution in [3.05, 3.63) is 29.3 Å². The van der Waals surface area contributed by atoms with E-state index >= 15 is 0 Å². The molecule has 0 spiro atoms. The second-order valence-electron chi connectivity index (χ2n) is 4.52. The molecule has 0 saturated heterocycles. The largest absolute Gasteiger partial charge is 0.350 e. The quantitative estimate of drug-likeness (QED) is 0.769.